The van der Waals surface area contributed by atoms with Crippen molar-refractivity contribution < 1.29 is 13.5 Å². The molecule has 1 heterocycles. The van der Waals surface area contributed by atoms with Gasteiger partial charge in [0.05, 0.1) is 17.9 Å². The SMILES string of the molecule is COCCC(N)c1ncc(-c2cc(F)cc(F)c2)[nH]1. The fraction of sp³-hybridized carbons (Fsp3) is 0.308. The highest BCUT2D eigenvalue weighted by molar-refractivity contribution is 5.58. The summed E-state index contributed by atoms with van der Waals surface area (Å²) < 4.78 is 31.2. The molecule has 0 aliphatic carbocycles. The van der Waals surface area contributed by atoms with Crippen molar-refractivity contribution >= 4 is 0 Å². The molecule has 1 aromatic carbocycles. The molecule has 0 fully saturated rings. The van der Waals surface area contributed by atoms with Gasteiger partial charge in [-0.15, -0.1) is 0 Å². The zero-order chi connectivity index (χ0) is 13.8. The number of imidazole rings is 1. The molecule has 0 bridgehead atoms. The zero-order valence-corrected chi connectivity index (χ0v) is 10.5. The van der Waals surface area contributed by atoms with E-state index in [9.17, 15) is 8.78 Å². The van der Waals surface area contributed by atoms with Crippen LogP contribution in [0.3, 0.4) is 0 Å². The van der Waals surface area contributed by atoms with Crippen molar-refractivity contribution in [1.82, 2.24) is 9.97 Å². The molecular formula is C13H15F2N3O. The average molecular weight is 267 g/mol. The molecule has 0 saturated carbocycles. The second kappa shape index (κ2) is 5.90. The number of nitrogens with zero attached hydrogens (tertiary/aromatic N) is 1. The first kappa shape index (κ1) is 13.6. The number of H-pyrrole nitrogens is 1. The predicted octanol–water partition coefficient (Wildman–Crippen LogP) is 2.39. The predicted molar refractivity (Wildman–Crippen MR) is 67.4 cm³/mol. The number of rotatable bonds is 5. The Morgan fingerprint density at radius 1 is 1.32 bits per heavy atom. The van der Waals surface area contributed by atoms with Gasteiger partial charge in [-0.3, -0.25) is 0 Å². The van der Waals surface area contributed by atoms with Crippen molar-refractivity contribution in [2.75, 3.05) is 13.7 Å². The van der Waals surface area contributed by atoms with Crippen molar-refractivity contribution in [3.8, 4) is 11.3 Å². The molecule has 0 saturated heterocycles. The van der Waals surface area contributed by atoms with Crippen LogP contribution in [0.2, 0.25) is 0 Å². The van der Waals surface area contributed by atoms with E-state index in [4.69, 9.17) is 10.5 Å². The van der Waals surface area contributed by atoms with E-state index in [0.717, 1.165) is 6.07 Å². The molecule has 102 valence electrons. The van der Waals surface area contributed by atoms with E-state index in [-0.39, 0.29) is 6.04 Å². The largest absolute Gasteiger partial charge is 0.385 e. The van der Waals surface area contributed by atoms with E-state index in [1.807, 2.05) is 0 Å². The number of methoxy groups -OCH3 is 1. The van der Waals surface area contributed by atoms with Crippen molar-refractivity contribution in [2.24, 2.45) is 5.73 Å². The van der Waals surface area contributed by atoms with Gasteiger partial charge in [0.2, 0.25) is 0 Å². The number of aromatic amines is 1. The highest BCUT2D eigenvalue weighted by Gasteiger charge is 2.12. The van der Waals surface area contributed by atoms with Gasteiger partial charge < -0.3 is 15.5 Å². The zero-order valence-electron chi connectivity index (χ0n) is 10.5. The van der Waals surface area contributed by atoms with E-state index in [0.29, 0.717) is 30.1 Å². The number of benzene rings is 1. The number of aromatic nitrogens is 2. The monoisotopic (exact) mass is 267 g/mol. The normalized spacial score (nSPS) is 12.6. The van der Waals surface area contributed by atoms with E-state index >= 15 is 0 Å². The number of ether oxygens (including phenoxy) is 1. The lowest BCUT2D eigenvalue weighted by Gasteiger charge is -2.07. The Bertz CT molecular complexity index is 536. The van der Waals surface area contributed by atoms with E-state index in [2.05, 4.69) is 9.97 Å². The van der Waals surface area contributed by atoms with Crippen molar-refractivity contribution in [2.45, 2.75) is 12.5 Å². The molecule has 19 heavy (non-hydrogen) atoms. The lowest BCUT2D eigenvalue weighted by Crippen LogP contribution is -2.14. The molecule has 0 aliphatic rings. The summed E-state index contributed by atoms with van der Waals surface area (Å²) in [5, 5.41) is 0. The summed E-state index contributed by atoms with van der Waals surface area (Å²) in [7, 11) is 1.59. The van der Waals surface area contributed by atoms with Crippen LogP contribution in [0.25, 0.3) is 11.3 Å². The second-order valence-corrected chi connectivity index (χ2v) is 4.23. The topological polar surface area (TPSA) is 63.9 Å². The van der Waals surface area contributed by atoms with Gasteiger partial charge in [0.25, 0.3) is 0 Å². The smallest absolute Gasteiger partial charge is 0.126 e. The van der Waals surface area contributed by atoms with Gasteiger partial charge in [0, 0.05) is 25.3 Å². The minimum Gasteiger partial charge on any atom is -0.385 e. The van der Waals surface area contributed by atoms with Crippen LogP contribution >= 0.6 is 0 Å². The number of nitrogens with two attached hydrogens (primary N) is 1. The maximum Gasteiger partial charge on any atom is 0.126 e. The Kier molecular flexibility index (Phi) is 4.24. The van der Waals surface area contributed by atoms with Crippen molar-refractivity contribution in [3.05, 3.63) is 41.9 Å². The molecule has 0 aliphatic heterocycles. The Hall–Kier alpha value is -1.79. The molecule has 6 heteroatoms. The van der Waals surface area contributed by atoms with Crippen LogP contribution in [-0.2, 0) is 4.74 Å². The average Bonchev–Trinajstić information content (AvgIpc) is 2.84. The fourth-order valence-corrected chi connectivity index (χ4v) is 1.76. The fourth-order valence-electron chi connectivity index (χ4n) is 1.76. The van der Waals surface area contributed by atoms with Crippen LogP contribution in [0.4, 0.5) is 8.78 Å². The first-order valence-corrected chi connectivity index (χ1v) is 5.86. The third-order valence-electron chi connectivity index (χ3n) is 2.75. The van der Waals surface area contributed by atoms with Crippen molar-refractivity contribution in [1.29, 1.82) is 0 Å². The molecule has 0 spiro atoms. The summed E-state index contributed by atoms with van der Waals surface area (Å²) in [6.07, 6.45) is 2.12. The molecular weight excluding hydrogens is 252 g/mol. The summed E-state index contributed by atoms with van der Waals surface area (Å²) in [4.78, 5) is 7.09. The van der Waals surface area contributed by atoms with Crippen LogP contribution in [0.1, 0.15) is 18.3 Å². The Balaban J connectivity index is 2.20. The summed E-state index contributed by atoms with van der Waals surface area (Å²) in [5.41, 5.74) is 6.84. The van der Waals surface area contributed by atoms with Crippen molar-refractivity contribution in [3.63, 3.8) is 0 Å². The molecule has 1 aromatic heterocycles. The van der Waals surface area contributed by atoms with Gasteiger partial charge in [-0.1, -0.05) is 0 Å². The highest BCUT2D eigenvalue weighted by atomic mass is 19.1. The third kappa shape index (κ3) is 3.36. The minimum atomic E-state index is -0.630. The third-order valence-corrected chi connectivity index (χ3v) is 2.75. The molecule has 0 radical (unpaired) electrons. The molecule has 2 aromatic rings. The Morgan fingerprint density at radius 2 is 2.00 bits per heavy atom. The van der Waals surface area contributed by atoms with Gasteiger partial charge in [-0.05, 0) is 18.6 Å². The van der Waals surface area contributed by atoms with Crippen LogP contribution in [0.5, 0.6) is 0 Å². The van der Waals surface area contributed by atoms with Gasteiger partial charge in [0.1, 0.15) is 17.5 Å². The summed E-state index contributed by atoms with van der Waals surface area (Å²) in [6, 6.07) is 3.00. The molecule has 4 nitrogen and oxygen atoms in total. The second-order valence-electron chi connectivity index (χ2n) is 4.23. The maximum absolute atomic E-state index is 13.1. The Morgan fingerprint density at radius 3 is 2.63 bits per heavy atom. The number of halogens is 2. The number of hydrogen-bond donors (Lipinski definition) is 2. The first-order chi connectivity index (χ1) is 9.10. The first-order valence-electron chi connectivity index (χ1n) is 5.86. The number of hydrogen-bond acceptors (Lipinski definition) is 3. The van der Waals surface area contributed by atoms with E-state index in [1.54, 1.807) is 7.11 Å². The molecule has 2 rings (SSSR count). The summed E-state index contributed by atoms with van der Waals surface area (Å²) >= 11 is 0. The molecule has 0 amide bonds. The van der Waals surface area contributed by atoms with E-state index < -0.39 is 11.6 Å². The lowest BCUT2D eigenvalue weighted by atomic mass is 10.1. The van der Waals surface area contributed by atoms with Gasteiger partial charge >= 0.3 is 0 Å². The quantitative estimate of drug-likeness (QED) is 0.874. The Labute approximate surface area is 109 Å². The summed E-state index contributed by atoms with van der Waals surface area (Å²) in [5.74, 6) is -0.693. The number of nitrogens with one attached hydrogen (secondary N) is 1. The molecule has 3 N–H and O–H groups in total. The van der Waals surface area contributed by atoms with Crippen LogP contribution in [0.15, 0.2) is 24.4 Å². The summed E-state index contributed by atoms with van der Waals surface area (Å²) in [6.45, 7) is 0.520. The highest BCUT2D eigenvalue weighted by Crippen LogP contribution is 2.21. The van der Waals surface area contributed by atoms with Gasteiger partial charge in [-0.2, -0.15) is 0 Å². The van der Waals surface area contributed by atoms with Gasteiger partial charge in [-0.25, -0.2) is 13.8 Å². The standard InChI is InChI=1S/C13H15F2N3O/c1-19-3-2-11(16)13-17-7-12(18-13)8-4-9(14)6-10(15)5-8/h4-7,11H,2-3,16H2,1H3,(H,17,18). The lowest BCUT2D eigenvalue weighted by molar-refractivity contribution is 0.187. The molecule has 1 unspecified atom stereocenters. The van der Waals surface area contributed by atoms with Crippen LogP contribution in [-0.4, -0.2) is 23.7 Å². The maximum atomic E-state index is 13.1. The minimum absolute atomic E-state index is 0.299. The van der Waals surface area contributed by atoms with Crippen LogP contribution in [0, 0.1) is 11.6 Å². The van der Waals surface area contributed by atoms with E-state index in [1.165, 1.54) is 18.3 Å². The molecule has 1 atom stereocenters. The van der Waals surface area contributed by atoms with Gasteiger partial charge in [0.15, 0.2) is 0 Å². The van der Waals surface area contributed by atoms with Crippen LogP contribution < -0.4 is 5.73 Å².